The van der Waals surface area contributed by atoms with E-state index in [4.69, 9.17) is 0 Å². The Morgan fingerprint density at radius 3 is 2.36 bits per heavy atom. The van der Waals surface area contributed by atoms with Gasteiger partial charge >= 0.3 is 0 Å². The molecule has 3 rings (SSSR count). The van der Waals surface area contributed by atoms with Crippen LogP contribution in [0.3, 0.4) is 0 Å². The average Bonchev–Trinajstić information content (AvgIpc) is 3.04. The largest absolute Gasteiger partial charge is 0.339 e. The molecule has 0 saturated carbocycles. The lowest BCUT2D eigenvalue weighted by atomic mass is 9.96. The Balaban J connectivity index is 1.73. The van der Waals surface area contributed by atoms with E-state index >= 15 is 0 Å². The van der Waals surface area contributed by atoms with Crippen molar-refractivity contribution < 1.29 is 4.79 Å². The molecule has 25 heavy (non-hydrogen) atoms. The van der Waals surface area contributed by atoms with Crippen molar-refractivity contribution in [1.82, 2.24) is 14.5 Å². The van der Waals surface area contributed by atoms with Gasteiger partial charge in [0.05, 0.1) is 18.1 Å². The summed E-state index contributed by atoms with van der Waals surface area (Å²) in [4.78, 5) is 21.3. The van der Waals surface area contributed by atoms with Gasteiger partial charge in [-0.25, -0.2) is 9.97 Å². The fraction of sp³-hybridized carbons (Fsp3) is 0.250. The Bertz CT molecular complexity index is 845. The van der Waals surface area contributed by atoms with E-state index in [0.29, 0.717) is 17.9 Å². The molecule has 0 spiro atoms. The summed E-state index contributed by atoms with van der Waals surface area (Å²) in [6.07, 6.45) is 5.20. The van der Waals surface area contributed by atoms with Crippen molar-refractivity contribution in [3.8, 4) is 0 Å². The van der Waals surface area contributed by atoms with Crippen LogP contribution in [-0.4, -0.2) is 20.4 Å². The minimum atomic E-state index is -0.173. The lowest BCUT2D eigenvalue weighted by molar-refractivity contribution is 0.101. The molecule has 1 N–H and O–H groups in total. The van der Waals surface area contributed by atoms with Gasteiger partial charge in [0, 0.05) is 18.2 Å². The topological polar surface area (TPSA) is 59.8 Å². The maximum absolute atomic E-state index is 12.6. The van der Waals surface area contributed by atoms with Crippen molar-refractivity contribution in [3.63, 3.8) is 0 Å². The van der Waals surface area contributed by atoms with Crippen LogP contribution in [0.5, 0.6) is 0 Å². The third kappa shape index (κ3) is 4.12. The van der Waals surface area contributed by atoms with Gasteiger partial charge in [-0.05, 0) is 17.7 Å². The van der Waals surface area contributed by atoms with E-state index in [2.05, 4.69) is 36.1 Å². The summed E-state index contributed by atoms with van der Waals surface area (Å²) in [5.74, 6) is 0.575. The van der Waals surface area contributed by atoms with E-state index in [1.807, 2.05) is 53.2 Å². The minimum absolute atomic E-state index is 0.118. The highest BCUT2D eigenvalue weighted by atomic mass is 16.1. The Hall–Kier alpha value is -2.95. The van der Waals surface area contributed by atoms with Crippen molar-refractivity contribution in [2.45, 2.75) is 32.7 Å². The summed E-state index contributed by atoms with van der Waals surface area (Å²) >= 11 is 0. The van der Waals surface area contributed by atoms with Crippen molar-refractivity contribution in [1.29, 1.82) is 0 Å². The fourth-order valence-electron chi connectivity index (χ4n) is 2.51. The van der Waals surface area contributed by atoms with Crippen molar-refractivity contribution in [2.24, 2.45) is 0 Å². The zero-order valence-electron chi connectivity index (χ0n) is 14.7. The molecule has 128 valence electrons. The van der Waals surface area contributed by atoms with Crippen LogP contribution in [0.2, 0.25) is 0 Å². The van der Waals surface area contributed by atoms with Gasteiger partial charge in [-0.1, -0.05) is 51.1 Å². The van der Waals surface area contributed by atoms with Crippen molar-refractivity contribution in [2.75, 3.05) is 5.32 Å². The molecule has 2 heterocycles. The lowest BCUT2D eigenvalue weighted by Gasteiger charge is -2.16. The summed E-state index contributed by atoms with van der Waals surface area (Å²) in [7, 11) is 0. The summed E-state index contributed by atoms with van der Waals surface area (Å²) in [6.45, 7) is 6.81. The molecule has 5 nitrogen and oxygen atoms in total. The molecule has 3 aromatic rings. The Morgan fingerprint density at radius 2 is 1.72 bits per heavy atom. The number of nitrogens with one attached hydrogen (secondary N) is 1. The second kappa shape index (κ2) is 6.89. The number of aromatic nitrogens is 3. The quantitative estimate of drug-likeness (QED) is 0.788. The molecule has 1 amide bonds. The number of carbonyl (C=O) groups excluding carboxylic acids is 1. The molecule has 0 bridgehead atoms. The first kappa shape index (κ1) is 16.9. The van der Waals surface area contributed by atoms with E-state index in [1.54, 1.807) is 12.4 Å². The number of hydrogen-bond acceptors (Lipinski definition) is 3. The molecule has 5 heteroatoms. The van der Waals surface area contributed by atoms with Gasteiger partial charge in [-0.2, -0.15) is 0 Å². The molecule has 0 unspecified atom stereocenters. The van der Waals surface area contributed by atoms with E-state index in [-0.39, 0.29) is 11.3 Å². The lowest BCUT2D eigenvalue weighted by Crippen LogP contribution is -2.19. The summed E-state index contributed by atoms with van der Waals surface area (Å²) in [5, 5.41) is 2.86. The minimum Gasteiger partial charge on any atom is -0.339 e. The zero-order chi connectivity index (χ0) is 17.9. The second-order valence-electron chi connectivity index (χ2n) is 7.01. The third-order valence-electron chi connectivity index (χ3n) is 3.84. The number of anilines is 1. The van der Waals surface area contributed by atoms with Crippen LogP contribution in [0.4, 0.5) is 5.69 Å². The smallest absolute Gasteiger partial charge is 0.272 e. The number of benzene rings is 1. The molecule has 0 aliphatic carbocycles. The van der Waals surface area contributed by atoms with Crippen LogP contribution in [0.25, 0.3) is 0 Å². The van der Waals surface area contributed by atoms with Gasteiger partial charge in [0.1, 0.15) is 11.5 Å². The molecule has 1 aromatic carbocycles. The maximum Gasteiger partial charge on any atom is 0.272 e. The number of carbonyl (C=O) groups is 1. The van der Waals surface area contributed by atoms with E-state index < -0.39 is 0 Å². The maximum atomic E-state index is 12.6. The van der Waals surface area contributed by atoms with E-state index in [1.165, 1.54) is 0 Å². The van der Waals surface area contributed by atoms with Crippen LogP contribution in [0.15, 0.2) is 61.1 Å². The molecule has 0 aliphatic rings. The summed E-state index contributed by atoms with van der Waals surface area (Å²) in [6, 6.07) is 13.7. The van der Waals surface area contributed by atoms with Gasteiger partial charge < -0.3 is 9.88 Å². The number of amides is 1. The Labute approximate surface area is 147 Å². The highest BCUT2D eigenvalue weighted by molar-refractivity contribution is 6.03. The number of nitrogens with zero attached hydrogens (tertiary/aromatic N) is 3. The Kier molecular flexibility index (Phi) is 4.65. The highest BCUT2D eigenvalue weighted by Gasteiger charge is 2.17. The fourth-order valence-corrected chi connectivity index (χ4v) is 2.51. The molecule has 0 atom stereocenters. The molecule has 2 aromatic heterocycles. The SMILES string of the molecule is CC(C)(C)c1ncc(NC(=O)c2cccn2Cc2ccccc2)cn1. The van der Waals surface area contributed by atoms with E-state index in [0.717, 1.165) is 11.4 Å². The first-order chi connectivity index (χ1) is 11.9. The molecule has 0 saturated heterocycles. The summed E-state index contributed by atoms with van der Waals surface area (Å²) in [5.41, 5.74) is 2.22. The normalized spacial score (nSPS) is 11.3. The van der Waals surface area contributed by atoms with Gasteiger partial charge in [-0.3, -0.25) is 4.79 Å². The third-order valence-corrected chi connectivity index (χ3v) is 3.84. The first-order valence-corrected chi connectivity index (χ1v) is 8.26. The number of rotatable bonds is 4. The number of hydrogen-bond donors (Lipinski definition) is 1. The van der Waals surface area contributed by atoms with Gasteiger partial charge in [0.2, 0.25) is 0 Å². The molecule has 0 fully saturated rings. The van der Waals surface area contributed by atoms with Crippen LogP contribution in [0, 0.1) is 0 Å². The van der Waals surface area contributed by atoms with Gasteiger partial charge in [0.25, 0.3) is 5.91 Å². The van der Waals surface area contributed by atoms with Gasteiger partial charge in [-0.15, -0.1) is 0 Å². The molecule has 0 radical (unpaired) electrons. The van der Waals surface area contributed by atoms with Crippen molar-refractivity contribution in [3.05, 3.63) is 78.1 Å². The summed E-state index contributed by atoms with van der Waals surface area (Å²) < 4.78 is 1.93. The molecular weight excluding hydrogens is 312 g/mol. The van der Waals surface area contributed by atoms with Crippen LogP contribution >= 0.6 is 0 Å². The van der Waals surface area contributed by atoms with Gasteiger partial charge in [0.15, 0.2) is 0 Å². The molecule has 0 aliphatic heterocycles. The predicted molar refractivity (Wildman–Crippen MR) is 98.7 cm³/mol. The van der Waals surface area contributed by atoms with Crippen molar-refractivity contribution >= 4 is 11.6 Å². The average molecular weight is 334 g/mol. The van der Waals surface area contributed by atoms with Crippen LogP contribution in [-0.2, 0) is 12.0 Å². The van der Waals surface area contributed by atoms with E-state index in [9.17, 15) is 4.79 Å². The molecular formula is C20H22N4O. The van der Waals surface area contributed by atoms with Crippen LogP contribution < -0.4 is 5.32 Å². The second-order valence-corrected chi connectivity index (χ2v) is 7.01. The van der Waals surface area contributed by atoms with Crippen LogP contribution in [0.1, 0.15) is 42.6 Å². The Morgan fingerprint density at radius 1 is 1.04 bits per heavy atom. The highest BCUT2D eigenvalue weighted by Crippen LogP contribution is 2.18. The zero-order valence-corrected chi connectivity index (χ0v) is 14.7. The first-order valence-electron chi connectivity index (χ1n) is 8.26. The predicted octanol–water partition coefficient (Wildman–Crippen LogP) is 3.88. The monoisotopic (exact) mass is 334 g/mol. The standard InChI is InChI=1S/C20H22N4O/c1-20(2,3)19-21-12-16(13-22-19)23-18(25)17-10-7-11-24(17)14-15-8-5-4-6-9-15/h4-13H,14H2,1-3H3,(H,23,25).